The minimum Gasteiger partial charge on any atom is -0.457 e. The van der Waals surface area contributed by atoms with E-state index in [1.54, 1.807) is 13.0 Å². The summed E-state index contributed by atoms with van der Waals surface area (Å²) in [5.41, 5.74) is -1.90. The topological polar surface area (TPSA) is 63.6 Å². The quantitative estimate of drug-likeness (QED) is 0.529. The molecule has 0 radical (unpaired) electrons. The summed E-state index contributed by atoms with van der Waals surface area (Å²) < 4.78 is 5.40. The largest absolute Gasteiger partial charge is 0.457 e. The molecule has 4 heteroatoms. The predicted molar refractivity (Wildman–Crippen MR) is 68.1 cm³/mol. The molecule has 0 spiro atoms. The van der Waals surface area contributed by atoms with E-state index in [9.17, 15) is 14.7 Å². The van der Waals surface area contributed by atoms with Crippen LogP contribution in [-0.4, -0.2) is 28.6 Å². The van der Waals surface area contributed by atoms with Gasteiger partial charge in [-0.05, 0) is 37.8 Å². The lowest BCUT2D eigenvalue weighted by atomic mass is 9.65. The molecule has 1 N–H and O–H groups in total. The van der Waals surface area contributed by atoms with Gasteiger partial charge in [-0.3, -0.25) is 4.79 Å². The Morgan fingerprint density at radius 3 is 2.79 bits per heavy atom. The molecular formula is C15H18O4. The zero-order valence-corrected chi connectivity index (χ0v) is 11.2. The van der Waals surface area contributed by atoms with Gasteiger partial charge in [0.05, 0.1) is 0 Å². The van der Waals surface area contributed by atoms with Gasteiger partial charge in [-0.25, -0.2) is 4.79 Å². The van der Waals surface area contributed by atoms with Crippen LogP contribution in [0.3, 0.4) is 0 Å². The summed E-state index contributed by atoms with van der Waals surface area (Å²) in [7, 11) is 0. The molecule has 2 aliphatic carbocycles. The van der Waals surface area contributed by atoms with Gasteiger partial charge in [-0.1, -0.05) is 13.5 Å². The molecular weight excluding hydrogens is 244 g/mol. The maximum atomic E-state index is 12.3. The molecule has 2 fully saturated rings. The van der Waals surface area contributed by atoms with Gasteiger partial charge in [0.1, 0.15) is 17.1 Å². The van der Waals surface area contributed by atoms with Gasteiger partial charge < -0.3 is 9.84 Å². The van der Waals surface area contributed by atoms with Crippen molar-refractivity contribution in [3.63, 3.8) is 0 Å². The van der Waals surface area contributed by atoms with E-state index >= 15 is 0 Å². The molecule has 3 rings (SSSR count). The second kappa shape index (κ2) is 3.57. The molecule has 0 bridgehead atoms. The van der Waals surface area contributed by atoms with E-state index in [1.807, 2.05) is 6.92 Å². The Balaban J connectivity index is 2.16. The van der Waals surface area contributed by atoms with E-state index in [4.69, 9.17) is 4.74 Å². The van der Waals surface area contributed by atoms with Crippen LogP contribution in [0.25, 0.3) is 0 Å². The average Bonchev–Trinajstić information content (AvgIpc) is 2.76. The number of allylic oxidation sites excluding steroid dienone is 1. The lowest BCUT2D eigenvalue weighted by Gasteiger charge is -2.43. The van der Waals surface area contributed by atoms with Crippen LogP contribution in [0.4, 0.5) is 0 Å². The number of ketones is 1. The van der Waals surface area contributed by atoms with Crippen molar-refractivity contribution in [1.29, 1.82) is 0 Å². The Kier molecular flexibility index (Phi) is 2.37. The van der Waals surface area contributed by atoms with Crippen molar-refractivity contribution in [2.24, 2.45) is 17.3 Å². The third-order valence-corrected chi connectivity index (χ3v) is 5.37. The van der Waals surface area contributed by atoms with Gasteiger partial charge in [0.15, 0.2) is 5.78 Å². The van der Waals surface area contributed by atoms with Gasteiger partial charge >= 0.3 is 5.97 Å². The summed E-state index contributed by atoms with van der Waals surface area (Å²) in [5, 5.41) is 11.0. The first-order valence-corrected chi connectivity index (χ1v) is 6.68. The van der Waals surface area contributed by atoms with Crippen molar-refractivity contribution in [3.05, 3.63) is 24.3 Å². The molecule has 0 aromatic rings. The summed E-state index contributed by atoms with van der Waals surface area (Å²) in [5.74, 6) is -0.829. The first-order valence-electron chi connectivity index (χ1n) is 6.68. The molecule has 19 heavy (non-hydrogen) atoms. The number of hydrogen-bond donors (Lipinski definition) is 1. The highest BCUT2D eigenvalue weighted by atomic mass is 16.6. The molecule has 1 aliphatic heterocycles. The van der Waals surface area contributed by atoms with Crippen molar-refractivity contribution in [1.82, 2.24) is 0 Å². The Morgan fingerprint density at radius 2 is 2.11 bits per heavy atom. The lowest BCUT2D eigenvalue weighted by Crippen LogP contribution is -2.56. The number of esters is 1. The molecule has 0 unspecified atom stereocenters. The molecule has 0 amide bonds. The first kappa shape index (κ1) is 12.6. The Bertz CT molecular complexity index is 520. The summed E-state index contributed by atoms with van der Waals surface area (Å²) in [6.45, 7) is 7.44. The molecule has 102 valence electrons. The fraction of sp³-hybridized carbons (Fsp3) is 0.600. The Hall–Kier alpha value is -1.42. The summed E-state index contributed by atoms with van der Waals surface area (Å²) in [6.07, 6.45) is 3.85. The standard InChI is InChI=1S/C15H18O4/c1-8-4-5-10-9(2)13(17)19-12(10)14(3)11(16)6-7-15(8,14)18/h6-8,10,12,18H,2,4-5H2,1,3H3/t8-,10-,12+,14-,15+/m1/s1. The average molecular weight is 262 g/mol. The van der Waals surface area contributed by atoms with Crippen LogP contribution in [0, 0.1) is 17.3 Å². The summed E-state index contributed by atoms with van der Waals surface area (Å²) in [4.78, 5) is 24.1. The monoisotopic (exact) mass is 262 g/mol. The third-order valence-electron chi connectivity index (χ3n) is 5.37. The van der Waals surface area contributed by atoms with E-state index < -0.39 is 23.1 Å². The zero-order chi connectivity index (χ0) is 14.0. The van der Waals surface area contributed by atoms with Crippen molar-refractivity contribution in [2.45, 2.75) is 38.4 Å². The van der Waals surface area contributed by atoms with Gasteiger partial charge in [-0.2, -0.15) is 0 Å². The van der Waals surface area contributed by atoms with Crippen molar-refractivity contribution in [3.8, 4) is 0 Å². The number of ether oxygens (including phenoxy) is 1. The molecule has 1 heterocycles. The van der Waals surface area contributed by atoms with Crippen LogP contribution in [0.1, 0.15) is 26.7 Å². The summed E-state index contributed by atoms with van der Waals surface area (Å²) in [6, 6.07) is 0. The van der Waals surface area contributed by atoms with Crippen LogP contribution in [0.2, 0.25) is 0 Å². The Labute approximate surface area is 112 Å². The first-order chi connectivity index (χ1) is 8.82. The highest BCUT2D eigenvalue weighted by Gasteiger charge is 2.66. The fourth-order valence-electron chi connectivity index (χ4n) is 3.89. The van der Waals surface area contributed by atoms with Gasteiger partial charge in [0, 0.05) is 11.5 Å². The van der Waals surface area contributed by atoms with Crippen molar-refractivity contribution < 1.29 is 19.4 Å². The van der Waals surface area contributed by atoms with Crippen LogP contribution < -0.4 is 0 Å². The van der Waals surface area contributed by atoms with Gasteiger partial charge in [-0.15, -0.1) is 0 Å². The van der Waals surface area contributed by atoms with Crippen molar-refractivity contribution in [2.75, 3.05) is 0 Å². The molecule has 4 nitrogen and oxygen atoms in total. The zero-order valence-electron chi connectivity index (χ0n) is 11.2. The minimum absolute atomic E-state index is 0.0581. The third kappa shape index (κ3) is 1.27. The molecule has 3 aliphatic rings. The number of rotatable bonds is 0. The van der Waals surface area contributed by atoms with Crippen LogP contribution in [-0.2, 0) is 14.3 Å². The number of carbonyl (C=O) groups excluding carboxylic acids is 2. The molecule has 0 aromatic heterocycles. The highest BCUT2D eigenvalue weighted by Crippen LogP contribution is 2.56. The van der Waals surface area contributed by atoms with Crippen LogP contribution in [0.15, 0.2) is 24.3 Å². The second-order valence-corrected chi connectivity index (χ2v) is 6.16. The van der Waals surface area contributed by atoms with Gasteiger partial charge in [0.2, 0.25) is 0 Å². The second-order valence-electron chi connectivity index (χ2n) is 6.16. The van der Waals surface area contributed by atoms with E-state index in [2.05, 4.69) is 6.58 Å². The molecule has 1 saturated carbocycles. The number of fused-ring (bicyclic) bond motifs is 3. The van der Waals surface area contributed by atoms with Gasteiger partial charge in [0.25, 0.3) is 0 Å². The minimum atomic E-state index is -1.24. The van der Waals surface area contributed by atoms with Crippen LogP contribution in [0.5, 0.6) is 0 Å². The van der Waals surface area contributed by atoms with Crippen LogP contribution >= 0.6 is 0 Å². The number of hydrogen-bond acceptors (Lipinski definition) is 4. The van der Waals surface area contributed by atoms with E-state index in [1.165, 1.54) is 6.08 Å². The maximum absolute atomic E-state index is 12.3. The van der Waals surface area contributed by atoms with E-state index in [-0.39, 0.29) is 17.6 Å². The van der Waals surface area contributed by atoms with E-state index in [0.29, 0.717) is 5.57 Å². The number of carbonyl (C=O) groups is 2. The smallest absolute Gasteiger partial charge is 0.334 e. The predicted octanol–water partition coefficient (Wildman–Crippen LogP) is 1.39. The fourth-order valence-corrected chi connectivity index (χ4v) is 3.89. The van der Waals surface area contributed by atoms with Crippen molar-refractivity contribution >= 4 is 11.8 Å². The Morgan fingerprint density at radius 1 is 1.42 bits per heavy atom. The SMILES string of the molecule is C=C1C(=O)O[C@H]2[C@@H]1CC[C@@H](C)[C@@]1(O)C=CC(=O)[C@]21C. The molecule has 5 atom stereocenters. The molecule has 0 aromatic carbocycles. The lowest BCUT2D eigenvalue weighted by molar-refractivity contribution is -0.165. The maximum Gasteiger partial charge on any atom is 0.334 e. The number of aliphatic hydroxyl groups is 1. The summed E-state index contributed by atoms with van der Waals surface area (Å²) >= 11 is 0. The molecule has 1 saturated heterocycles. The van der Waals surface area contributed by atoms with E-state index in [0.717, 1.165) is 12.8 Å². The normalized spacial score (nSPS) is 48.8. The highest BCUT2D eigenvalue weighted by molar-refractivity contribution is 6.01.